The first-order chi connectivity index (χ1) is 14.5. The summed E-state index contributed by atoms with van der Waals surface area (Å²) in [5.74, 6) is 1.18. The van der Waals surface area contributed by atoms with Crippen molar-refractivity contribution < 1.29 is 9.84 Å². The number of fused-ring (bicyclic) bond motifs is 1. The fraction of sp³-hybridized carbons (Fsp3) is 0.565. The number of hydrogen-bond donors (Lipinski definition) is 3. The number of piperidine rings is 1. The molecule has 1 aromatic heterocycles. The Morgan fingerprint density at radius 1 is 1.27 bits per heavy atom. The highest BCUT2D eigenvalue weighted by molar-refractivity contribution is 6.04. The van der Waals surface area contributed by atoms with Gasteiger partial charge in [-0.05, 0) is 57.7 Å². The largest absolute Gasteiger partial charge is 0.383 e. The van der Waals surface area contributed by atoms with Gasteiger partial charge in [0.2, 0.25) is 0 Å². The molecule has 2 aliphatic rings. The number of aliphatic hydroxyl groups excluding tert-OH is 1. The zero-order valence-electron chi connectivity index (χ0n) is 18.0. The number of aliphatic imine (C=N–C) groups is 1. The Morgan fingerprint density at radius 2 is 2.07 bits per heavy atom. The van der Waals surface area contributed by atoms with E-state index in [-0.39, 0.29) is 0 Å². The van der Waals surface area contributed by atoms with Crippen molar-refractivity contribution in [2.45, 2.75) is 57.8 Å². The first kappa shape index (κ1) is 21.0. The van der Waals surface area contributed by atoms with E-state index in [1.54, 1.807) is 6.92 Å². The molecule has 7 heteroatoms. The van der Waals surface area contributed by atoms with Crippen LogP contribution in [0.15, 0.2) is 29.3 Å². The van der Waals surface area contributed by atoms with Crippen molar-refractivity contribution in [3.63, 3.8) is 0 Å². The summed E-state index contributed by atoms with van der Waals surface area (Å²) in [4.78, 5) is 11.4. The number of nitrogens with zero attached hydrogens (tertiary/aromatic N) is 3. The highest BCUT2D eigenvalue weighted by Gasteiger charge is 2.26. The predicted octanol–water partition coefficient (Wildman–Crippen LogP) is 2.32. The summed E-state index contributed by atoms with van der Waals surface area (Å²) in [6, 6.07) is 9.26. The Labute approximate surface area is 178 Å². The summed E-state index contributed by atoms with van der Waals surface area (Å²) in [6.07, 6.45) is 3.59. The van der Waals surface area contributed by atoms with Crippen molar-refractivity contribution in [1.82, 2.24) is 10.3 Å². The van der Waals surface area contributed by atoms with E-state index in [1.165, 1.54) is 12.0 Å². The lowest BCUT2D eigenvalue weighted by Crippen LogP contribution is -2.49. The van der Waals surface area contributed by atoms with E-state index in [0.29, 0.717) is 17.9 Å². The van der Waals surface area contributed by atoms with E-state index in [0.717, 1.165) is 67.8 Å². The Bertz CT molecular complexity index is 900. The van der Waals surface area contributed by atoms with Crippen LogP contribution in [0.3, 0.4) is 0 Å². The fourth-order valence-electron chi connectivity index (χ4n) is 4.45. The number of pyridine rings is 1. The molecule has 0 amide bonds. The number of aliphatic hydroxyl groups is 1. The van der Waals surface area contributed by atoms with Gasteiger partial charge in [0.05, 0.1) is 17.7 Å². The van der Waals surface area contributed by atoms with E-state index in [1.807, 2.05) is 0 Å². The van der Waals surface area contributed by atoms with Gasteiger partial charge < -0.3 is 25.8 Å². The molecule has 4 N–H and O–H groups in total. The van der Waals surface area contributed by atoms with Crippen LogP contribution >= 0.6 is 0 Å². The minimum Gasteiger partial charge on any atom is -0.383 e. The normalized spacial score (nSPS) is 22.4. The lowest BCUT2D eigenvalue weighted by Gasteiger charge is -2.36. The molecule has 2 aromatic rings. The third-order valence-corrected chi connectivity index (χ3v) is 5.98. The van der Waals surface area contributed by atoms with Crippen molar-refractivity contribution in [1.29, 1.82) is 0 Å². The first-order valence-electron chi connectivity index (χ1n) is 11.0. The number of benzene rings is 1. The van der Waals surface area contributed by atoms with E-state index in [9.17, 15) is 5.11 Å². The van der Waals surface area contributed by atoms with Crippen LogP contribution in [-0.4, -0.2) is 60.5 Å². The summed E-state index contributed by atoms with van der Waals surface area (Å²) < 4.78 is 5.61. The second kappa shape index (κ2) is 9.29. The molecule has 0 saturated carbocycles. The highest BCUT2D eigenvalue weighted by Crippen LogP contribution is 2.27. The maximum absolute atomic E-state index is 9.71. The summed E-state index contributed by atoms with van der Waals surface area (Å²) in [5.41, 5.74) is 9.19. The van der Waals surface area contributed by atoms with Crippen molar-refractivity contribution in [2.75, 3.05) is 31.2 Å². The molecule has 0 aliphatic carbocycles. The van der Waals surface area contributed by atoms with Gasteiger partial charge in [0.25, 0.3) is 0 Å². The molecular formula is C23H33N5O2. The molecule has 2 aliphatic heterocycles. The molecule has 1 aromatic carbocycles. The van der Waals surface area contributed by atoms with Crippen LogP contribution in [0, 0.1) is 6.92 Å². The quantitative estimate of drug-likeness (QED) is 0.516. The fourth-order valence-corrected chi connectivity index (χ4v) is 4.45. The lowest BCUT2D eigenvalue weighted by atomic mass is 10.0. The first-order valence-corrected chi connectivity index (χ1v) is 11.0. The minimum atomic E-state index is -0.848. The molecule has 4 rings (SSSR count). The molecule has 2 fully saturated rings. The van der Waals surface area contributed by atoms with Crippen LogP contribution in [0.25, 0.3) is 10.9 Å². The molecule has 2 atom stereocenters. The standard InChI is InChI=1S/C23H33N5O2/c1-15-5-6-21-17(12-15)13-20(22(24)25-16(2)29)23(27-21)28-9-7-18(8-10-28)26-19-4-3-11-30-14-19/h5-6,12-13,16,18-19,26,29H,3-4,7-11,14H2,1-2H3,(H2,24,25). The molecule has 3 heterocycles. The number of amidine groups is 1. The van der Waals surface area contributed by atoms with Crippen LogP contribution in [0.4, 0.5) is 5.82 Å². The Kier molecular flexibility index (Phi) is 6.51. The van der Waals surface area contributed by atoms with Gasteiger partial charge in [0.1, 0.15) is 17.9 Å². The third-order valence-electron chi connectivity index (χ3n) is 5.98. The number of nitrogens with two attached hydrogens (primary N) is 1. The molecule has 0 radical (unpaired) electrons. The smallest absolute Gasteiger partial charge is 0.144 e. The van der Waals surface area contributed by atoms with Crippen LogP contribution in [0.1, 0.15) is 43.7 Å². The number of aromatic nitrogens is 1. The summed E-state index contributed by atoms with van der Waals surface area (Å²) in [6.45, 7) is 7.20. The molecule has 2 unspecified atom stereocenters. The average Bonchev–Trinajstić information content (AvgIpc) is 2.73. The van der Waals surface area contributed by atoms with Gasteiger partial charge in [-0.3, -0.25) is 0 Å². The zero-order valence-corrected chi connectivity index (χ0v) is 18.0. The number of anilines is 1. The van der Waals surface area contributed by atoms with E-state index >= 15 is 0 Å². The molecule has 7 nitrogen and oxygen atoms in total. The third kappa shape index (κ3) is 4.91. The second-order valence-electron chi connectivity index (χ2n) is 8.54. The zero-order chi connectivity index (χ0) is 21.1. The van der Waals surface area contributed by atoms with Crippen LogP contribution < -0.4 is 16.0 Å². The molecule has 0 bridgehead atoms. The van der Waals surface area contributed by atoms with Crippen LogP contribution in [0.5, 0.6) is 0 Å². The molecule has 0 spiro atoms. The minimum absolute atomic E-state index is 0.329. The van der Waals surface area contributed by atoms with Crippen molar-refractivity contribution in [2.24, 2.45) is 10.7 Å². The predicted molar refractivity (Wildman–Crippen MR) is 121 cm³/mol. The molecule has 2 saturated heterocycles. The molecular weight excluding hydrogens is 378 g/mol. The second-order valence-corrected chi connectivity index (χ2v) is 8.54. The van der Waals surface area contributed by atoms with E-state index in [2.05, 4.69) is 46.4 Å². The lowest BCUT2D eigenvalue weighted by molar-refractivity contribution is 0.0650. The number of rotatable bonds is 5. The number of ether oxygens (including phenoxy) is 1. The Hall–Kier alpha value is -2.22. The summed E-state index contributed by atoms with van der Waals surface area (Å²) in [5, 5.41) is 14.5. The summed E-state index contributed by atoms with van der Waals surface area (Å²) >= 11 is 0. The number of aryl methyl sites for hydroxylation is 1. The SMILES string of the molecule is Cc1ccc2nc(N3CCC(NC4CCCOC4)CC3)c(/C(N)=N/C(C)O)cc2c1. The van der Waals surface area contributed by atoms with Gasteiger partial charge in [-0.15, -0.1) is 0 Å². The van der Waals surface area contributed by atoms with Gasteiger partial charge in [-0.2, -0.15) is 0 Å². The van der Waals surface area contributed by atoms with Crippen LogP contribution in [-0.2, 0) is 4.74 Å². The Balaban J connectivity index is 1.56. The van der Waals surface area contributed by atoms with Crippen molar-refractivity contribution >= 4 is 22.6 Å². The average molecular weight is 412 g/mol. The van der Waals surface area contributed by atoms with Gasteiger partial charge in [0.15, 0.2) is 0 Å². The highest BCUT2D eigenvalue weighted by atomic mass is 16.5. The van der Waals surface area contributed by atoms with Gasteiger partial charge in [-0.1, -0.05) is 11.6 Å². The van der Waals surface area contributed by atoms with E-state index in [4.69, 9.17) is 15.5 Å². The van der Waals surface area contributed by atoms with Gasteiger partial charge in [-0.25, -0.2) is 9.98 Å². The topological polar surface area (TPSA) is 96.0 Å². The van der Waals surface area contributed by atoms with Gasteiger partial charge in [0, 0.05) is 37.2 Å². The Morgan fingerprint density at radius 3 is 2.77 bits per heavy atom. The monoisotopic (exact) mass is 411 g/mol. The van der Waals surface area contributed by atoms with Crippen LogP contribution in [0.2, 0.25) is 0 Å². The number of hydrogen-bond acceptors (Lipinski definition) is 6. The summed E-state index contributed by atoms with van der Waals surface area (Å²) in [7, 11) is 0. The number of nitrogens with one attached hydrogen (secondary N) is 1. The molecule has 162 valence electrons. The maximum Gasteiger partial charge on any atom is 0.144 e. The molecule has 30 heavy (non-hydrogen) atoms. The van der Waals surface area contributed by atoms with Crippen molar-refractivity contribution in [3.8, 4) is 0 Å². The maximum atomic E-state index is 9.71. The van der Waals surface area contributed by atoms with Gasteiger partial charge >= 0.3 is 0 Å². The van der Waals surface area contributed by atoms with E-state index < -0.39 is 6.23 Å². The van der Waals surface area contributed by atoms with Crippen molar-refractivity contribution in [3.05, 3.63) is 35.4 Å².